The highest BCUT2D eigenvalue weighted by molar-refractivity contribution is 6.30. The zero-order valence-electron chi connectivity index (χ0n) is 9.93. The van der Waals surface area contributed by atoms with Crippen molar-refractivity contribution in [2.75, 3.05) is 13.2 Å². The standard InChI is InChI=1S/C13H17ClFNO/c1-13(6-3-7-17-9-13)16-8-10-4-2-5-11(14)12(10)15/h2,4-5,16H,3,6-9H2,1H3. The summed E-state index contributed by atoms with van der Waals surface area (Å²) in [6.07, 6.45) is 2.09. The third-order valence-corrected chi connectivity index (χ3v) is 3.47. The number of ether oxygens (including phenoxy) is 1. The lowest BCUT2D eigenvalue weighted by atomic mass is 9.94. The minimum atomic E-state index is -0.331. The predicted molar refractivity (Wildman–Crippen MR) is 66.7 cm³/mol. The first kappa shape index (κ1) is 12.8. The second-order valence-corrected chi connectivity index (χ2v) is 5.19. The minimum Gasteiger partial charge on any atom is -0.380 e. The van der Waals surface area contributed by atoms with Gasteiger partial charge in [-0.2, -0.15) is 0 Å². The molecule has 0 spiro atoms. The molecule has 1 fully saturated rings. The molecule has 4 heteroatoms. The first-order valence-electron chi connectivity index (χ1n) is 5.86. The molecule has 0 bridgehead atoms. The Morgan fingerprint density at radius 2 is 2.35 bits per heavy atom. The van der Waals surface area contributed by atoms with Crippen molar-refractivity contribution in [2.45, 2.75) is 31.8 Å². The van der Waals surface area contributed by atoms with Gasteiger partial charge in [-0.1, -0.05) is 23.7 Å². The van der Waals surface area contributed by atoms with Crippen molar-refractivity contribution in [1.82, 2.24) is 5.32 Å². The lowest BCUT2D eigenvalue weighted by Gasteiger charge is -2.34. The number of nitrogens with one attached hydrogen (secondary N) is 1. The molecule has 1 aromatic carbocycles. The molecule has 1 unspecified atom stereocenters. The predicted octanol–water partition coefficient (Wildman–Crippen LogP) is 3.14. The average molecular weight is 258 g/mol. The highest BCUT2D eigenvalue weighted by atomic mass is 35.5. The van der Waals surface area contributed by atoms with Crippen LogP contribution in [0.5, 0.6) is 0 Å². The molecule has 17 heavy (non-hydrogen) atoms. The van der Waals surface area contributed by atoms with Crippen LogP contribution in [0.3, 0.4) is 0 Å². The van der Waals surface area contributed by atoms with Crippen molar-refractivity contribution < 1.29 is 9.13 Å². The van der Waals surface area contributed by atoms with Crippen LogP contribution in [0.2, 0.25) is 5.02 Å². The van der Waals surface area contributed by atoms with Crippen molar-refractivity contribution in [2.24, 2.45) is 0 Å². The molecular weight excluding hydrogens is 241 g/mol. The summed E-state index contributed by atoms with van der Waals surface area (Å²) in [6.45, 7) is 4.08. The highest BCUT2D eigenvalue weighted by Gasteiger charge is 2.27. The van der Waals surface area contributed by atoms with Crippen LogP contribution >= 0.6 is 11.6 Å². The van der Waals surface area contributed by atoms with Gasteiger partial charge in [0.05, 0.1) is 11.6 Å². The molecule has 1 atom stereocenters. The van der Waals surface area contributed by atoms with Crippen LogP contribution in [0.25, 0.3) is 0 Å². The number of hydrogen-bond donors (Lipinski definition) is 1. The van der Waals surface area contributed by atoms with Gasteiger partial charge in [0, 0.05) is 24.3 Å². The molecule has 1 aromatic rings. The van der Waals surface area contributed by atoms with E-state index in [0.717, 1.165) is 19.4 Å². The summed E-state index contributed by atoms with van der Waals surface area (Å²) >= 11 is 5.74. The van der Waals surface area contributed by atoms with E-state index < -0.39 is 0 Å². The molecule has 2 nitrogen and oxygen atoms in total. The average Bonchev–Trinajstić information content (AvgIpc) is 2.32. The quantitative estimate of drug-likeness (QED) is 0.898. The maximum atomic E-state index is 13.7. The monoisotopic (exact) mass is 257 g/mol. The molecule has 2 rings (SSSR count). The van der Waals surface area contributed by atoms with E-state index in [9.17, 15) is 4.39 Å². The van der Waals surface area contributed by atoms with E-state index in [1.165, 1.54) is 0 Å². The van der Waals surface area contributed by atoms with Crippen molar-refractivity contribution in [1.29, 1.82) is 0 Å². The second kappa shape index (κ2) is 5.34. The fraction of sp³-hybridized carbons (Fsp3) is 0.538. The topological polar surface area (TPSA) is 21.3 Å². The van der Waals surface area contributed by atoms with Crippen LogP contribution in [0, 0.1) is 5.82 Å². The second-order valence-electron chi connectivity index (χ2n) is 4.78. The summed E-state index contributed by atoms with van der Waals surface area (Å²) in [4.78, 5) is 0. The van der Waals surface area contributed by atoms with E-state index in [2.05, 4.69) is 12.2 Å². The first-order chi connectivity index (χ1) is 8.11. The molecular formula is C13H17ClFNO. The smallest absolute Gasteiger partial charge is 0.146 e. The number of rotatable bonds is 3. The Labute approximate surface area is 106 Å². The number of benzene rings is 1. The third kappa shape index (κ3) is 3.18. The van der Waals surface area contributed by atoms with Crippen molar-refractivity contribution in [3.63, 3.8) is 0 Å². The highest BCUT2D eigenvalue weighted by Crippen LogP contribution is 2.21. The van der Waals surface area contributed by atoms with Gasteiger partial charge in [0.25, 0.3) is 0 Å². The van der Waals surface area contributed by atoms with Gasteiger partial charge in [-0.05, 0) is 25.8 Å². The van der Waals surface area contributed by atoms with Gasteiger partial charge in [-0.3, -0.25) is 0 Å². The molecule has 94 valence electrons. The number of hydrogen-bond acceptors (Lipinski definition) is 2. The lowest BCUT2D eigenvalue weighted by molar-refractivity contribution is 0.0276. The van der Waals surface area contributed by atoms with E-state index in [1.54, 1.807) is 18.2 Å². The first-order valence-corrected chi connectivity index (χ1v) is 6.24. The molecule has 1 saturated heterocycles. The van der Waals surface area contributed by atoms with Gasteiger partial charge in [0.2, 0.25) is 0 Å². The summed E-state index contributed by atoms with van der Waals surface area (Å²) in [5, 5.41) is 3.53. The lowest BCUT2D eigenvalue weighted by Crippen LogP contribution is -2.48. The van der Waals surface area contributed by atoms with Crippen LogP contribution in [0.1, 0.15) is 25.3 Å². The Bertz CT molecular complexity index is 391. The summed E-state index contributed by atoms with van der Waals surface area (Å²) in [5.41, 5.74) is 0.539. The van der Waals surface area contributed by atoms with Gasteiger partial charge >= 0.3 is 0 Å². The summed E-state index contributed by atoms with van der Waals surface area (Å²) < 4.78 is 19.1. The van der Waals surface area contributed by atoms with Crippen molar-refractivity contribution in [3.8, 4) is 0 Å². The van der Waals surface area contributed by atoms with Gasteiger partial charge in [0.1, 0.15) is 5.82 Å². The van der Waals surface area contributed by atoms with E-state index in [4.69, 9.17) is 16.3 Å². The normalized spacial score (nSPS) is 24.9. The Morgan fingerprint density at radius 1 is 1.53 bits per heavy atom. The molecule has 0 radical (unpaired) electrons. The van der Waals surface area contributed by atoms with Crippen LogP contribution in [-0.4, -0.2) is 18.8 Å². The zero-order valence-corrected chi connectivity index (χ0v) is 10.7. The summed E-state index contributed by atoms with van der Waals surface area (Å²) in [5.74, 6) is -0.331. The Balaban J connectivity index is 1.99. The Kier molecular flexibility index (Phi) is 4.02. The molecule has 0 aliphatic carbocycles. The minimum absolute atomic E-state index is 0.0625. The summed E-state index contributed by atoms with van der Waals surface area (Å²) in [6, 6.07) is 5.08. The molecule has 0 saturated carbocycles. The van der Waals surface area contributed by atoms with E-state index in [-0.39, 0.29) is 16.4 Å². The maximum absolute atomic E-state index is 13.7. The molecule has 1 aliphatic rings. The van der Waals surface area contributed by atoms with Crippen molar-refractivity contribution >= 4 is 11.6 Å². The molecule has 1 N–H and O–H groups in total. The summed E-state index contributed by atoms with van der Waals surface area (Å²) in [7, 11) is 0. The van der Waals surface area contributed by atoms with Gasteiger partial charge in [-0.15, -0.1) is 0 Å². The van der Waals surface area contributed by atoms with Crippen LogP contribution < -0.4 is 5.32 Å². The van der Waals surface area contributed by atoms with Gasteiger partial charge < -0.3 is 10.1 Å². The van der Waals surface area contributed by atoms with E-state index >= 15 is 0 Å². The molecule has 0 amide bonds. The van der Waals surface area contributed by atoms with Crippen molar-refractivity contribution in [3.05, 3.63) is 34.6 Å². The Hall–Kier alpha value is -0.640. The van der Waals surface area contributed by atoms with Crippen LogP contribution in [0.15, 0.2) is 18.2 Å². The largest absolute Gasteiger partial charge is 0.380 e. The third-order valence-electron chi connectivity index (χ3n) is 3.18. The SMILES string of the molecule is CC1(NCc2cccc(Cl)c2F)CCCOC1. The van der Waals surface area contributed by atoms with Gasteiger partial charge in [0.15, 0.2) is 0 Å². The van der Waals surface area contributed by atoms with Gasteiger partial charge in [-0.25, -0.2) is 4.39 Å². The Morgan fingerprint density at radius 3 is 3.06 bits per heavy atom. The fourth-order valence-corrected chi connectivity index (χ4v) is 2.26. The van der Waals surface area contributed by atoms with E-state index in [0.29, 0.717) is 18.7 Å². The molecule has 1 heterocycles. The maximum Gasteiger partial charge on any atom is 0.146 e. The number of halogens is 2. The fourth-order valence-electron chi connectivity index (χ4n) is 2.07. The van der Waals surface area contributed by atoms with Crippen LogP contribution in [0.4, 0.5) is 4.39 Å². The zero-order chi connectivity index (χ0) is 12.3. The molecule has 0 aromatic heterocycles. The van der Waals surface area contributed by atoms with E-state index in [1.807, 2.05) is 0 Å². The van der Waals surface area contributed by atoms with Crippen LogP contribution in [-0.2, 0) is 11.3 Å². The molecule has 1 aliphatic heterocycles.